The Kier molecular flexibility index (Phi) is 17.8. The summed E-state index contributed by atoms with van der Waals surface area (Å²) in [5, 5.41) is 13.3. The molecule has 6 aromatic heterocycles. The Morgan fingerprint density at radius 3 is 1.23 bits per heavy atom. The normalized spacial score (nSPS) is 11.5. The summed E-state index contributed by atoms with van der Waals surface area (Å²) in [7, 11) is 0. The van der Waals surface area contributed by atoms with E-state index in [9.17, 15) is 0 Å². The largest absolute Gasteiger partial charge is 0.456 e. The van der Waals surface area contributed by atoms with E-state index in [2.05, 4.69) is 200 Å². The molecule has 0 atom stereocenters. The number of para-hydroxylation sites is 2. The van der Waals surface area contributed by atoms with Gasteiger partial charge in [0.05, 0.1) is 0 Å². The van der Waals surface area contributed by atoms with Crippen molar-refractivity contribution in [3.05, 3.63) is 368 Å². The fourth-order valence-electron chi connectivity index (χ4n) is 15.3. The summed E-state index contributed by atoms with van der Waals surface area (Å²) in [4.78, 5) is 41.4. The molecule has 114 heavy (non-hydrogen) atoms. The average molecular weight is 1530 g/mol. The van der Waals surface area contributed by atoms with Crippen LogP contribution in [0.1, 0.15) is 0 Å². The van der Waals surface area contributed by atoms with E-state index in [1.54, 1.807) is 0 Å². The van der Waals surface area contributed by atoms with E-state index in [1.165, 1.54) is 10.8 Å². The van der Waals surface area contributed by atoms with E-state index < -0.39 is 0 Å². The first kappa shape index (κ1) is 68.8. The highest BCUT2D eigenvalue weighted by Crippen LogP contribution is 2.45. The smallest absolute Gasteiger partial charge is 0.226 e. The van der Waals surface area contributed by atoms with Gasteiger partial charge in [0.1, 0.15) is 33.5 Å². The summed E-state index contributed by atoms with van der Waals surface area (Å²) in [6.07, 6.45) is 0. The van der Waals surface area contributed by atoms with Crippen LogP contribution in [0.2, 0.25) is 15.9 Å². The molecule has 0 spiro atoms. The Balaban J connectivity index is 0.000000111. The van der Waals surface area contributed by atoms with Gasteiger partial charge in [-0.1, -0.05) is 303 Å². The van der Waals surface area contributed by atoms with Gasteiger partial charge in [0.2, 0.25) is 15.9 Å². The summed E-state index contributed by atoms with van der Waals surface area (Å²) in [5.41, 5.74) is 19.0. The van der Waals surface area contributed by atoms with Crippen molar-refractivity contribution in [3.63, 3.8) is 0 Å². The minimum Gasteiger partial charge on any atom is -0.456 e. The Labute approximate surface area is 667 Å². The van der Waals surface area contributed by atoms with Crippen LogP contribution in [-0.4, -0.2) is 44.9 Å². The van der Waals surface area contributed by atoms with Crippen LogP contribution in [0.4, 0.5) is 0 Å². The molecule has 16 aromatic carbocycles. The Bertz CT molecular complexity index is 7480. The van der Waals surface area contributed by atoms with Crippen molar-refractivity contribution >= 4 is 133 Å². The lowest BCUT2D eigenvalue weighted by atomic mass is 9.97. The maximum atomic E-state index is 6.49. The zero-order chi connectivity index (χ0) is 76.2. The number of benzene rings is 16. The summed E-state index contributed by atoms with van der Waals surface area (Å²) < 4.78 is 18.9. The van der Waals surface area contributed by atoms with Gasteiger partial charge in [-0.25, -0.2) is 15.0 Å². The standard InChI is InChI=1S/C37H22ClN3O.2C31H18ClN3O/c38-37-40-35(26-16-13-24(14-17-26)23-7-2-1-3-8-23)39-36(41-37)31-11-6-9-25-15-18-27(21-32(25)31)28-19-20-30-29-10-4-5-12-33(29)42-34(30)22-28;32-31-34-29(23-15-6-12-19-11-4-5-13-21(19)23)33-30(35-31)24-16-8-18-26-28(24)27-22(14-7-17-25(27)36-26)20-9-2-1-3-10-20;32-31-34-29(20-9-2-1-3-10-20)33-30(35-31)25-14-7-15-26-27(25)24-13-6-12-23(28(24)36-26)22-17-16-19-8-4-5-11-21(19)18-22/h1-22H;2*1-18H. The molecule has 6 heterocycles. The molecule has 0 saturated carbocycles. The molecule has 0 aliphatic carbocycles. The Morgan fingerprint density at radius 1 is 0.175 bits per heavy atom. The van der Waals surface area contributed by atoms with Gasteiger partial charge >= 0.3 is 0 Å². The van der Waals surface area contributed by atoms with Crippen molar-refractivity contribution in [3.8, 4) is 113 Å². The molecule has 22 rings (SSSR count). The molecule has 12 nitrogen and oxygen atoms in total. The van der Waals surface area contributed by atoms with E-state index in [0.717, 1.165) is 165 Å². The minimum absolute atomic E-state index is 0.149. The number of aromatic nitrogens is 9. The van der Waals surface area contributed by atoms with Gasteiger partial charge in [0.25, 0.3) is 0 Å². The highest BCUT2D eigenvalue weighted by atomic mass is 35.5. The van der Waals surface area contributed by atoms with Crippen molar-refractivity contribution in [2.75, 3.05) is 0 Å². The minimum atomic E-state index is 0.149. The van der Waals surface area contributed by atoms with Gasteiger partial charge in [-0.05, 0) is 155 Å². The molecule has 0 saturated heterocycles. The maximum absolute atomic E-state index is 6.49. The highest BCUT2D eigenvalue weighted by Gasteiger charge is 2.23. The molecule has 0 radical (unpaired) electrons. The maximum Gasteiger partial charge on any atom is 0.226 e. The molecule has 0 fully saturated rings. The summed E-state index contributed by atoms with van der Waals surface area (Å²) in [6.45, 7) is 0. The van der Waals surface area contributed by atoms with Crippen molar-refractivity contribution in [2.45, 2.75) is 0 Å². The van der Waals surface area contributed by atoms with Crippen LogP contribution in [0.3, 0.4) is 0 Å². The molecule has 15 heteroatoms. The van der Waals surface area contributed by atoms with Crippen molar-refractivity contribution < 1.29 is 13.3 Å². The second-order valence-electron chi connectivity index (χ2n) is 27.5. The number of fused-ring (bicyclic) bond motifs is 12. The van der Waals surface area contributed by atoms with Crippen LogP contribution in [0.15, 0.2) is 365 Å². The SMILES string of the molecule is Clc1nc(-c2ccc(-c3ccccc3)cc2)nc(-c2cccc3ccc(-c4ccc5c(c4)oc4ccccc45)cc23)n1.Clc1nc(-c2cccc3ccccc23)nc(-c2cccc3oc4cccc(-c5ccccc5)c4c23)n1.Clc1nc(-c2ccccc2)nc(-c2cccc3oc4c(-c5ccc6ccccc6c5)cccc4c23)n1. The molecule has 0 amide bonds. The summed E-state index contributed by atoms with van der Waals surface area (Å²) in [5.74, 6) is 3.16. The molecular weight excluding hydrogens is 1470 g/mol. The monoisotopic (exact) mass is 1530 g/mol. The van der Waals surface area contributed by atoms with Crippen LogP contribution in [0, 0.1) is 0 Å². The average Bonchev–Trinajstić information content (AvgIpc) is 1.58. The third-order valence-corrected chi connectivity index (χ3v) is 21.2. The lowest BCUT2D eigenvalue weighted by molar-refractivity contribution is 0.668. The van der Waals surface area contributed by atoms with Gasteiger partial charge in [-0.3, -0.25) is 0 Å². The van der Waals surface area contributed by atoms with Crippen LogP contribution < -0.4 is 0 Å². The van der Waals surface area contributed by atoms with E-state index >= 15 is 0 Å². The summed E-state index contributed by atoms with van der Waals surface area (Å²) in [6, 6.07) is 119. The molecule has 0 aliphatic rings. The van der Waals surface area contributed by atoms with Crippen LogP contribution in [0.5, 0.6) is 0 Å². The number of furan rings is 3. The number of hydrogen-bond donors (Lipinski definition) is 0. The van der Waals surface area contributed by atoms with Gasteiger partial charge in [0.15, 0.2) is 34.9 Å². The van der Waals surface area contributed by atoms with E-state index in [0.29, 0.717) is 34.9 Å². The molecular formula is C99H58Cl3N9O3. The molecule has 0 unspecified atom stereocenters. The second-order valence-corrected chi connectivity index (χ2v) is 28.5. The van der Waals surface area contributed by atoms with Gasteiger partial charge < -0.3 is 13.3 Å². The number of nitrogens with zero attached hydrogens (tertiary/aromatic N) is 9. The van der Waals surface area contributed by atoms with E-state index in [1.807, 2.05) is 182 Å². The number of halogens is 3. The van der Waals surface area contributed by atoms with Crippen molar-refractivity contribution in [1.29, 1.82) is 0 Å². The first-order valence-corrected chi connectivity index (χ1v) is 38.2. The first-order valence-electron chi connectivity index (χ1n) is 37.0. The Hall–Kier alpha value is -14.4. The lowest BCUT2D eigenvalue weighted by Gasteiger charge is -2.10. The van der Waals surface area contributed by atoms with Gasteiger partial charge in [-0.2, -0.15) is 29.9 Å². The van der Waals surface area contributed by atoms with E-state index in [4.69, 9.17) is 63.0 Å². The molecule has 0 N–H and O–H groups in total. The molecule has 0 aliphatic heterocycles. The quantitative estimate of drug-likeness (QED) is 0.128. The van der Waals surface area contributed by atoms with Crippen molar-refractivity contribution in [2.24, 2.45) is 0 Å². The fourth-order valence-corrected chi connectivity index (χ4v) is 15.8. The zero-order valence-electron chi connectivity index (χ0n) is 60.4. The zero-order valence-corrected chi connectivity index (χ0v) is 62.6. The molecule has 0 bridgehead atoms. The third-order valence-electron chi connectivity index (χ3n) is 20.6. The molecule has 22 aromatic rings. The third kappa shape index (κ3) is 13.1. The van der Waals surface area contributed by atoms with Crippen molar-refractivity contribution in [1.82, 2.24) is 44.9 Å². The first-order chi connectivity index (χ1) is 56.2. The topological polar surface area (TPSA) is 155 Å². The predicted octanol–water partition coefficient (Wildman–Crippen LogP) is 27.4. The number of rotatable bonds is 10. The van der Waals surface area contributed by atoms with Crippen LogP contribution in [-0.2, 0) is 0 Å². The lowest BCUT2D eigenvalue weighted by Crippen LogP contribution is -1.98. The predicted molar refractivity (Wildman–Crippen MR) is 463 cm³/mol. The molecule has 538 valence electrons. The summed E-state index contributed by atoms with van der Waals surface area (Å²) >= 11 is 19.3. The highest BCUT2D eigenvalue weighted by molar-refractivity contribution is 6.29. The van der Waals surface area contributed by atoms with Crippen LogP contribution >= 0.6 is 34.8 Å². The second kappa shape index (κ2) is 29.4. The number of hydrogen-bond acceptors (Lipinski definition) is 12. The van der Waals surface area contributed by atoms with Gasteiger partial charge in [-0.15, -0.1) is 0 Å². The van der Waals surface area contributed by atoms with Crippen LogP contribution in [0.25, 0.3) is 211 Å². The van der Waals surface area contributed by atoms with E-state index in [-0.39, 0.29) is 15.9 Å². The fraction of sp³-hybridized carbons (Fsp3) is 0. The Morgan fingerprint density at radius 2 is 0.553 bits per heavy atom. The van der Waals surface area contributed by atoms with Gasteiger partial charge in [0, 0.05) is 71.3 Å².